The fourth-order valence-electron chi connectivity index (χ4n) is 3.43. The Hall–Kier alpha value is -3.39. The molecule has 0 spiro atoms. The van der Waals surface area contributed by atoms with Crippen LogP contribution in [0.5, 0.6) is 5.75 Å². The van der Waals surface area contributed by atoms with Gasteiger partial charge in [-0.1, -0.05) is 30.3 Å². The molecule has 158 valence electrons. The van der Waals surface area contributed by atoms with Crippen molar-refractivity contribution in [2.24, 2.45) is 0 Å². The number of hydrogen-bond donors (Lipinski definition) is 3. The standard InChI is InChI=1S/C22H26N4O4/c1-4-30-18-12-10-16(11-13-18)14-25(3)15-19(27)24-26-20(28)22(2,23-21(26)29)17-8-6-5-7-9-17/h5-13H,4,14-15H2,1-3H3,(H,23,29)(H,24,27)/p+1/t22-/m1/s1. The van der Waals surface area contributed by atoms with Crippen LogP contribution in [-0.2, 0) is 21.7 Å². The molecule has 1 aliphatic heterocycles. The van der Waals surface area contributed by atoms with E-state index in [0.717, 1.165) is 21.2 Å². The minimum absolute atomic E-state index is 0.103. The number of hydrogen-bond acceptors (Lipinski definition) is 4. The van der Waals surface area contributed by atoms with E-state index in [1.165, 1.54) is 0 Å². The van der Waals surface area contributed by atoms with Crippen molar-refractivity contribution in [3.05, 3.63) is 65.7 Å². The van der Waals surface area contributed by atoms with Gasteiger partial charge in [-0.2, -0.15) is 5.01 Å². The summed E-state index contributed by atoms with van der Waals surface area (Å²) >= 11 is 0. The molecule has 0 aliphatic carbocycles. The Morgan fingerprint density at radius 2 is 1.80 bits per heavy atom. The molecule has 1 aliphatic rings. The molecular weight excluding hydrogens is 384 g/mol. The summed E-state index contributed by atoms with van der Waals surface area (Å²) in [5.41, 5.74) is 2.92. The fourth-order valence-corrected chi connectivity index (χ4v) is 3.43. The largest absolute Gasteiger partial charge is 0.494 e. The normalized spacial score (nSPS) is 19.4. The van der Waals surface area contributed by atoms with Gasteiger partial charge in [0, 0.05) is 5.56 Å². The second kappa shape index (κ2) is 8.96. The van der Waals surface area contributed by atoms with E-state index in [2.05, 4.69) is 10.7 Å². The Bertz CT molecular complexity index is 916. The summed E-state index contributed by atoms with van der Waals surface area (Å²) in [4.78, 5) is 38.5. The van der Waals surface area contributed by atoms with Crippen LogP contribution in [0.2, 0.25) is 0 Å². The van der Waals surface area contributed by atoms with E-state index in [9.17, 15) is 14.4 Å². The maximum absolute atomic E-state index is 12.8. The predicted molar refractivity (Wildman–Crippen MR) is 110 cm³/mol. The number of nitrogens with one attached hydrogen (secondary N) is 3. The molecule has 4 amide bonds. The molecule has 2 aromatic rings. The molecule has 0 aromatic heterocycles. The third kappa shape index (κ3) is 4.60. The van der Waals surface area contributed by atoms with Crippen LogP contribution >= 0.6 is 0 Å². The number of amides is 4. The molecule has 2 atom stereocenters. The monoisotopic (exact) mass is 411 g/mol. The molecule has 0 bridgehead atoms. The number of hydrazine groups is 1. The summed E-state index contributed by atoms with van der Waals surface area (Å²) in [6, 6.07) is 16.0. The van der Waals surface area contributed by atoms with Crippen molar-refractivity contribution in [1.29, 1.82) is 0 Å². The van der Waals surface area contributed by atoms with E-state index >= 15 is 0 Å². The van der Waals surface area contributed by atoms with Gasteiger partial charge in [0.25, 0.3) is 11.8 Å². The predicted octanol–water partition coefficient (Wildman–Crippen LogP) is 0.598. The van der Waals surface area contributed by atoms with Crippen molar-refractivity contribution >= 4 is 17.8 Å². The Balaban J connectivity index is 1.57. The van der Waals surface area contributed by atoms with Crippen molar-refractivity contribution in [2.45, 2.75) is 25.9 Å². The molecule has 1 saturated heterocycles. The Morgan fingerprint density at radius 1 is 1.13 bits per heavy atom. The zero-order valence-corrected chi connectivity index (χ0v) is 17.4. The lowest BCUT2D eigenvalue weighted by Gasteiger charge is -2.22. The number of quaternary nitrogens is 1. The molecule has 1 unspecified atom stereocenters. The van der Waals surface area contributed by atoms with Gasteiger partial charge in [-0.25, -0.2) is 4.79 Å². The lowest BCUT2D eigenvalue weighted by Crippen LogP contribution is -3.09. The van der Waals surface area contributed by atoms with Crippen molar-refractivity contribution in [3.8, 4) is 5.75 Å². The highest BCUT2D eigenvalue weighted by atomic mass is 16.5. The number of nitrogens with zero attached hydrogens (tertiary/aromatic N) is 1. The van der Waals surface area contributed by atoms with Crippen LogP contribution in [-0.4, -0.2) is 43.1 Å². The summed E-state index contributed by atoms with van der Waals surface area (Å²) < 4.78 is 5.43. The van der Waals surface area contributed by atoms with Gasteiger partial charge in [-0.3, -0.25) is 15.0 Å². The highest BCUT2D eigenvalue weighted by Gasteiger charge is 2.50. The van der Waals surface area contributed by atoms with Gasteiger partial charge in [0.15, 0.2) is 6.54 Å². The average molecular weight is 411 g/mol. The van der Waals surface area contributed by atoms with Crippen LogP contribution in [0.1, 0.15) is 25.0 Å². The smallest absolute Gasteiger partial charge is 0.344 e. The van der Waals surface area contributed by atoms with E-state index in [1.54, 1.807) is 31.2 Å². The molecule has 8 heteroatoms. The van der Waals surface area contributed by atoms with Crippen molar-refractivity contribution in [3.63, 3.8) is 0 Å². The first-order valence-electron chi connectivity index (χ1n) is 9.88. The van der Waals surface area contributed by atoms with Crippen molar-refractivity contribution in [1.82, 2.24) is 15.8 Å². The second-order valence-electron chi connectivity index (χ2n) is 7.48. The summed E-state index contributed by atoms with van der Waals surface area (Å²) in [7, 11) is 1.87. The molecule has 0 radical (unpaired) electrons. The van der Waals surface area contributed by atoms with E-state index in [1.807, 2.05) is 44.3 Å². The van der Waals surface area contributed by atoms with E-state index in [-0.39, 0.29) is 6.54 Å². The Kier molecular flexibility index (Phi) is 6.37. The molecule has 3 N–H and O–H groups in total. The summed E-state index contributed by atoms with van der Waals surface area (Å²) in [6.45, 7) is 4.88. The number of ether oxygens (including phenoxy) is 1. The van der Waals surface area contributed by atoms with Crippen LogP contribution < -0.4 is 20.4 Å². The van der Waals surface area contributed by atoms with E-state index in [4.69, 9.17) is 4.74 Å². The molecule has 1 heterocycles. The zero-order valence-electron chi connectivity index (χ0n) is 17.4. The van der Waals surface area contributed by atoms with E-state index in [0.29, 0.717) is 18.7 Å². The molecule has 8 nitrogen and oxygen atoms in total. The maximum Gasteiger partial charge on any atom is 0.344 e. The van der Waals surface area contributed by atoms with Crippen LogP contribution in [0.15, 0.2) is 54.6 Å². The topological polar surface area (TPSA) is 92.2 Å². The van der Waals surface area contributed by atoms with Gasteiger partial charge >= 0.3 is 6.03 Å². The van der Waals surface area contributed by atoms with Crippen molar-refractivity contribution in [2.75, 3.05) is 20.2 Å². The van der Waals surface area contributed by atoms with Crippen LogP contribution in [0, 0.1) is 0 Å². The van der Waals surface area contributed by atoms with Crippen LogP contribution in [0.3, 0.4) is 0 Å². The van der Waals surface area contributed by atoms with Crippen LogP contribution in [0.25, 0.3) is 0 Å². The fraction of sp³-hybridized carbons (Fsp3) is 0.318. The van der Waals surface area contributed by atoms with Crippen LogP contribution in [0.4, 0.5) is 4.79 Å². The first-order chi connectivity index (χ1) is 14.3. The zero-order chi connectivity index (χ0) is 21.7. The number of imide groups is 1. The molecule has 0 saturated carbocycles. The minimum atomic E-state index is -1.22. The molecule has 30 heavy (non-hydrogen) atoms. The van der Waals surface area contributed by atoms with Gasteiger partial charge < -0.3 is 15.0 Å². The number of carbonyl (C=O) groups excluding carboxylic acids is 3. The van der Waals surface area contributed by atoms with Gasteiger partial charge in [0.05, 0.1) is 13.7 Å². The molecule has 2 aromatic carbocycles. The SMILES string of the molecule is CCOc1ccc(C[NH+](C)CC(=O)NN2C(=O)N[C@](C)(c3ccccc3)C2=O)cc1. The minimum Gasteiger partial charge on any atom is -0.494 e. The Labute approximate surface area is 175 Å². The highest BCUT2D eigenvalue weighted by Crippen LogP contribution is 2.27. The maximum atomic E-state index is 12.8. The lowest BCUT2D eigenvalue weighted by atomic mass is 9.92. The number of carbonyl (C=O) groups is 3. The summed E-state index contributed by atoms with van der Waals surface area (Å²) in [5.74, 6) is -0.132. The van der Waals surface area contributed by atoms with Gasteiger partial charge in [-0.05, 0) is 43.7 Å². The number of rotatable bonds is 8. The summed E-state index contributed by atoms with van der Waals surface area (Å²) in [5, 5.41) is 3.43. The first-order valence-corrected chi connectivity index (χ1v) is 9.88. The molecule has 1 fully saturated rings. The quantitative estimate of drug-likeness (QED) is 0.555. The second-order valence-corrected chi connectivity index (χ2v) is 7.48. The highest BCUT2D eigenvalue weighted by molar-refractivity contribution is 6.08. The number of benzene rings is 2. The third-order valence-electron chi connectivity index (χ3n) is 4.98. The van der Waals surface area contributed by atoms with Gasteiger partial charge in [-0.15, -0.1) is 0 Å². The van der Waals surface area contributed by atoms with E-state index < -0.39 is 23.4 Å². The van der Waals surface area contributed by atoms with Crippen molar-refractivity contribution < 1.29 is 24.0 Å². The lowest BCUT2D eigenvalue weighted by molar-refractivity contribution is -0.885. The first kappa shape index (κ1) is 21.3. The third-order valence-corrected chi connectivity index (χ3v) is 4.98. The van der Waals surface area contributed by atoms with Gasteiger partial charge in [0.1, 0.15) is 17.8 Å². The summed E-state index contributed by atoms with van der Waals surface area (Å²) in [6.07, 6.45) is 0. The number of urea groups is 1. The van der Waals surface area contributed by atoms with Gasteiger partial charge in [0.2, 0.25) is 0 Å². The average Bonchev–Trinajstić information content (AvgIpc) is 2.94. The Morgan fingerprint density at radius 3 is 2.43 bits per heavy atom. The number of likely N-dealkylation sites (N-methyl/N-ethyl adjacent to an activating group) is 1. The molecule has 3 rings (SSSR count). The molecular formula is C22H27N4O4+.